The molecule has 0 bridgehead atoms. The standard InChI is InChI=1S/C17H10FN5/c18-12-7-5-11(6-8-12)16-20-21-17-13-3-1-2-4-14(13)22-10-19-9-15(22)23(16)17/h1-10H. The summed E-state index contributed by atoms with van der Waals surface area (Å²) in [5, 5.41) is 9.66. The van der Waals surface area contributed by atoms with Crippen molar-refractivity contribution in [1.82, 2.24) is 24.0 Å². The van der Waals surface area contributed by atoms with Crippen molar-refractivity contribution in [2.45, 2.75) is 0 Å². The van der Waals surface area contributed by atoms with Gasteiger partial charge in [0.2, 0.25) is 0 Å². The van der Waals surface area contributed by atoms with Gasteiger partial charge in [-0.15, -0.1) is 10.2 Å². The van der Waals surface area contributed by atoms with E-state index in [9.17, 15) is 4.39 Å². The minimum atomic E-state index is -0.275. The number of aromatic nitrogens is 5. The molecule has 110 valence electrons. The predicted octanol–water partition coefficient (Wildman–Crippen LogP) is 3.34. The molecule has 0 radical (unpaired) electrons. The highest BCUT2D eigenvalue weighted by atomic mass is 19.1. The van der Waals surface area contributed by atoms with Crippen LogP contribution in [-0.4, -0.2) is 24.0 Å². The van der Waals surface area contributed by atoms with E-state index in [1.54, 1.807) is 24.7 Å². The summed E-state index contributed by atoms with van der Waals surface area (Å²) >= 11 is 0. The van der Waals surface area contributed by atoms with Gasteiger partial charge in [0.25, 0.3) is 0 Å². The third-order valence-corrected chi connectivity index (χ3v) is 4.02. The topological polar surface area (TPSA) is 47.5 Å². The Labute approximate surface area is 129 Å². The smallest absolute Gasteiger partial charge is 0.172 e. The second-order valence-corrected chi connectivity index (χ2v) is 5.33. The van der Waals surface area contributed by atoms with Gasteiger partial charge in [-0.25, -0.2) is 9.37 Å². The van der Waals surface area contributed by atoms with Gasteiger partial charge in [0.1, 0.15) is 17.8 Å². The first-order chi connectivity index (χ1) is 11.3. The average molecular weight is 303 g/mol. The predicted molar refractivity (Wildman–Crippen MR) is 84.6 cm³/mol. The van der Waals surface area contributed by atoms with Gasteiger partial charge in [-0.2, -0.15) is 0 Å². The van der Waals surface area contributed by atoms with Crippen LogP contribution in [0.5, 0.6) is 0 Å². The van der Waals surface area contributed by atoms with E-state index >= 15 is 0 Å². The minimum Gasteiger partial charge on any atom is -0.284 e. The molecule has 5 aromatic rings. The maximum atomic E-state index is 13.2. The Morgan fingerprint density at radius 2 is 1.74 bits per heavy atom. The maximum Gasteiger partial charge on any atom is 0.172 e. The molecular weight excluding hydrogens is 293 g/mol. The zero-order valence-corrected chi connectivity index (χ0v) is 11.9. The largest absolute Gasteiger partial charge is 0.284 e. The molecule has 3 aromatic heterocycles. The van der Waals surface area contributed by atoms with Crippen molar-refractivity contribution in [1.29, 1.82) is 0 Å². The molecule has 0 fully saturated rings. The Hall–Kier alpha value is -3.28. The molecule has 0 saturated heterocycles. The number of halogens is 1. The van der Waals surface area contributed by atoms with E-state index in [-0.39, 0.29) is 5.82 Å². The van der Waals surface area contributed by atoms with Crippen LogP contribution in [-0.2, 0) is 0 Å². The molecule has 0 aliphatic carbocycles. The Kier molecular flexibility index (Phi) is 2.33. The lowest BCUT2D eigenvalue weighted by molar-refractivity contribution is 0.628. The lowest BCUT2D eigenvalue weighted by atomic mass is 10.2. The van der Waals surface area contributed by atoms with Gasteiger partial charge in [0, 0.05) is 10.9 Å². The van der Waals surface area contributed by atoms with Crippen molar-refractivity contribution >= 4 is 22.2 Å². The summed E-state index contributed by atoms with van der Waals surface area (Å²) in [5.41, 5.74) is 3.44. The van der Waals surface area contributed by atoms with Gasteiger partial charge < -0.3 is 0 Å². The van der Waals surface area contributed by atoms with Crippen molar-refractivity contribution in [3.8, 4) is 11.4 Å². The molecule has 0 N–H and O–H groups in total. The molecular formula is C17H10FN5. The van der Waals surface area contributed by atoms with Crippen LogP contribution in [0.2, 0.25) is 0 Å². The zero-order chi connectivity index (χ0) is 15.4. The monoisotopic (exact) mass is 303 g/mol. The summed E-state index contributed by atoms with van der Waals surface area (Å²) in [7, 11) is 0. The van der Waals surface area contributed by atoms with E-state index in [1.807, 2.05) is 33.1 Å². The fraction of sp³-hybridized carbons (Fsp3) is 0. The average Bonchev–Trinajstić information content (AvgIpc) is 3.22. The molecule has 3 heterocycles. The van der Waals surface area contributed by atoms with Crippen molar-refractivity contribution < 1.29 is 4.39 Å². The molecule has 0 aliphatic heterocycles. The first-order valence-electron chi connectivity index (χ1n) is 7.17. The van der Waals surface area contributed by atoms with Crippen molar-refractivity contribution in [3.63, 3.8) is 0 Å². The molecule has 5 rings (SSSR count). The van der Waals surface area contributed by atoms with Crippen LogP contribution < -0.4 is 0 Å². The Morgan fingerprint density at radius 1 is 0.913 bits per heavy atom. The highest BCUT2D eigenvalue weighted by Gasteiger charge is 2.15. The molecule has 5 nitrogen and oxygen atoms in total. The second-order valence-electron chi connectivity index (χ2n) is 5.33. The Bertz CT molecular complexity index is 1170. The summed E-state index contributed by atoms with van der Waals surface area (Å²) < 4.78 is 17.1. The van der Waals surface area contributed by atoms with Gasteiger partial charge in [-0.3, -0.25) is 8.80 Å². The lowest BCUT2D eigenvalue weighted by Gasteiger charge is -2.07. The van der Waals surface area contributed by atoms with E-state index in [1.165, 1.54) is 12.1 Å². The van der Waals surface area contributed by atoms with E-state index in [0.29, 0.717) is 5.82 Å². The number of benzene rings is 2. The second kappa shape index (κ2) is 4.36. The van der Waals surface area contributed by atoms with Crippen molar-refractivity contribution in [2.24, 2.45) is 0 Å². The highest BCUT2D eigenvalue weighted by molar-refractivity contribution is 5.94. The summed E-state index contributed by atoms with van der Waals surface area (Å²) in [6, 6.07) is 14.2. The number of hydrogen-bond donors (Lipinski definition) is 0. The number of fused-ring (bicyclic) bond motifs is 6. The summed E-state index contributed by atoms with van der Waals surface area (Å²) in [4.78, 5) is 4.26. The van der Waals surface area contributed by atoms with Gasteiger partial charge >= 0.3 is 0 Å². The summed E-state index contributed by atoms with van der Waals surface area (Å²) in [6.07, 6.45) is 3.54. The first kappa shape index (κ1) is 12.3. The molecule has 0 amide bonds. The van der Waals surface area contributed by atoms with Crippen LogP contribution in [0.25, 0.3) is 33.6 Å². The fourth-order valence-electron chi connectivity index (χ4n) is 2.97. The van der Waals surface area contributed by atoms with Crippen LogP contribution in [0.4, 0.5) is 4.39 Å². The van der Waals surface area contributed by atoms with Gasteiger partial charge in [-0.1, -0.05) is 12.1 Å². The third kappa shape index (κ3) is 1.63. The Morgan fingerprint density at radius 3 is 2.61 bits per heavy atom. The van der Waals surface area contributed by atoms with Crippen molar-refractivity contribution in [3.05, 3.63) is 66.9 Å². The number of rotatable bonds is 1. The van der Waals surface area contributed by atoms with E-state index in [4.69, 9.17) is 0 Å². The lowest BCUT2D eigenvalue weighted by Crippen LogP contribution is -1.98. The molecule has 23 heavy (non-hydrogen) atoms. The number of imidazole rings is 1. The van der Waals surface area contributed by atoms with Crippen molar-refractivity contribution in [2.75, 3.05) is 0 Å². The number of para-hydroxylation sites is 1. The third-order valence-electron chi connectivity index (χ3n) is 4.02. The van der Waals surface area contributed by atoms with E-state index in [0.717, 1.165) is 27.8 Å². The van der Waals surface area contributed by atoms with Gasteiger partial charge in [-0.05, 0) is 36.4 Å². The Balaban J connectivity index is 1.98. The zero-order valence-electron chi connectivity index (χ0n) is 11.9. The molecule has 0 atom stereocenters. The number of hydrogen-bond acceptors (Lipinski definition) is 3. The van der Waals surface area contributed by atoms with Gasteiger partial charge in [0.15, 0.2) is 11.5 Å². The molecule has 6 heteroatoms. The fourth-order valence-corrected chi connectivity index (χ4v) is 2.97. The van der Waals surface area contributed by atoms with E-state index < -0.39 is 0 Å². The van der Waals surface area contributed by atoms with Crippen LogP contribution in [0, 0.1) is 5.82 Å². The summed E-state index contributed by atoms with van der Waals surface area (Å²) in [6.45, 7) is 0. The highest BCUT2D eigenvalue weighted by Crippen LogP contribution is 2.26. The number of nitrogens with zero attached hydrogens (tertiary/aromatic N) is 5. The first-order valence-corrected chi connectivity index (χ1v) is 7.17. The molecule has 0 saturated carbocycles. The van der Waals surface area contributed by atoms with Crippen LogP contribution in [0.15, 0.2) is 61.1 Å². The van der Waals surface area contributed by atoms with E-state index in [2.05, 4.69) is 15.2 Å². The van der Waals surface area contributed by atoms with Gasteiger partial charge in [0.05, 0.1) is 11.7 Å². The molecule has 0 aliphatic rings. The molecule has 0 spiro atoms. The van der Waals surface area contributed by atoms with Crippen LogP contribution in [0.1, 0.15) is 0 Å². The summed E-state index contributed by atoms with van der Waals surface area (Å²) in [5.74, 6) is 0.388. The maximum absolute atomic E-state index is 13.2. The SMILES string of the molecule is Fc1ccc(-c2nnc3c4ccccc4n4cncc4n23)cc1. The minimum absolute atomic E-state index is 0.275. The normalized spacial score (nSPS) is 11.7. The molecule has 2 aromatic carbocycles. The quantitative estimate of drug-likeness (QED) is 0.477. The van der Waals surface area contributed by atoms with Crippen LogP contribution >= 0.6 is 0 Å². The van der Waals surface area contributed by atoms with Crippen LogP contribution in [0.3, 0.4) is 0 Å². The molecule has 0 unspecified atom stereocenters.